The van der Waals surface area contributed by atoms with Gasteiger partial charge in [-0.2, -0.15) is 0 Å². The van der Waals surface area contributed by atoms with Crippen molar-refractivity contribution in [3.8, 4) is 0 Å². The lowest BCUT2D eigenvalue weighted by molar-refractivity contribution is -0.122. The van der Waals surface area contributed by atoms with Crippen LogP contribution in [0.15, 0.2) is 47.3 Å². The van der Waals surface area contributed by atoms with Crippen LogP contribution in [0.4, 0.5) is 0 Å². The molecule has 0 radical (unpaired) electrons. The van der Waals surface area contributed by atoms with Crippen LogP contribution in [-0.2, 0) is 9.59 Å². The highest BCUT2D eigenvalue weighted by Gasteiger charge is 2.37. The van der Waals surface area contributed by atoms with Gasteiger partial charge in [0.25, 0.3) is 0 Å². The SMILES string of the molecule is CC1(C)CC(=O)C(C(=O)C2=CNC3C=CC=CC3N2)=C(CN)C1. The average Bonchev–Trinajstić information content (AvgIpc) is 2.52. The minimum Gasteiger partial charge on any atom is -0.380 e. The van der Waals surface area contributed by atoms with Crippen molar-refractivity contribution in [2.75, 3.05) is 6.54 Å². The van der Waals surface area contributed by atoms with Crippen molar-refractivity contribution in [1.82, 2.24) is 10.6 Å². The van der Waals surface area contributed by atoms with E-state index in [4.69, 9.17) is 5.73 Å². The largest absolute Gasteiger partial charge is 0.380 e. The highest BCUT2D eigenvalue weighted by atomic mass is 16.2. The Morgan fingerprint density at radius 1 is 1.26 bits per heavy atom. The Morgan fingerprint density at radius 3 is 2.65 bits per heavy atom. The van der Waals surface area contributed by atoms with E-state index in [-0.39, 0.29) is 41.2 Å². The second-order valence-corrected chi connectivity index (χ2v) is 7.14. The molecule has 0 fully saturated rings. The van der Waals surface area contributed by atoms with Crippen LogP contribution in [0, 0.1) is 5.41 Å². The van der Waals surface area contributed by atoms with Gasteiger partial charge in [-0.3, -0.25) is 9.59 Å². The molecule has 3 rings (SSSR count). The van der Waals surface area contributed by atoms with Crippen LogP contribution in [0.2, 0.25) is 0 Å². The first-order chi connectivity index (χ1) is 10.9. The van der Waals surface area contributed by atoms with Crippen LogP contribution in [0.1, 0.15) is 26.7 Å². The van der Waals surface area contributed by atoms with Crippen LogP contribution in [-0.4, -0.2) is 30.2 Å². The maximum absolute atomic E-state index is 12.9. The van der Waals surface area contributed by atoms with Gasteiger partial charge in [-0.1, -0.05) is 38.2 Å². The third-order valence-electron chi connectivity index (χ3n) is 4.56. The number of Topliss-reactive ketones (excluding diaryl/α,β-unsaturated/α-hetero) is 2. The lowest BCUT2D eigenvalue weighted by Gasteiger charge is -2.34. The number of allylic oxidation sites excluding steroid dienone is 3. The molecule has 0 saturated heterocycles. The molecule has 3 aliphatic rings. The highest BCUT2D eigenvalue weighted by molar-refractivity contribution is 6.27. The van der Waals surface area contributed by atoms with Gasteiger partial charge in [-0.05, 0) is 17.4 Å². The van der Waals surface area contributed by atoms with E-state index in [1.165, 1.54) is 0 Å². The van der Waals surface area contributed by atoms with E-state index < -0.39 is 0 Å². The quantitative estimate of drug-likeness (QED) is 0.680. The normalized spacial score (nSPS) is 28.7. The molecule has 0 aromatic rings. The summed E-state index contributed by atoms with van der Waals surface area (Å²) in [6.07, 6.45) is 10.7. The number of hydrogen-bond donors (Lipinski definition) is 3. The van der Waals surface area contributed by atoms with Gasteiger partial charge in [0.2, 0.25) is 5.78 Å². The van der Waals surface area contributed by atoms with Gasteiger partial charge >= 0.3 is 0 Å². The number of ketones is 2. The first kappa shape index (κ1) is 15.7. The molecule has 0 saturated carbocycles. The average molecular weight is 313 g/mol. The zero-order valence-corrected chi connectivity index (χ0v) is 13.6. The molecule has 0 aromatic heterocycles. The molecule has 23 heavy (non-hydrogen) atoms. The molecular weight excluding hydrogens is 290 g/mol. The summed E-state index contributed by atoms with van der Waals surface area (Å²) in [6, 6.07) is 0.140. The summed E-state index contributed by atoms with van der Waals surface area (Å²) in [7, 11) is 0. The number of carbonyl (C=O) groups excluding carboxylic acids is 2. The lowest BCUT2D eigenvalue weighted by Crippen LogP contribution is -2.50. The fraction of sp³-hybridized carbons (Fsp3) is 0.444. The van der Waals surface area contributed by atoms with Crippen LogP contribution in [0.25, 0.3) is 0 Å². The summed E-state index contributed by atoms with van der Waals surface area (Å²) in [5.74, 6) is -0.351. The van der Waals surface area contributed by atoms with Crippen molar-refractivity contribution in [2.45, 2.75) is 38.8 Å². The van der Waals surface area contributed by atoms with Crippen LogP contribution >= 0.6 is 0 Å². The molecule has 2 unspecified atom stereocenters. The molecule has 2 atom stereocenters. The fourth-order valence-corrected chi connectivity index (χ4v) is 3.48. The Bertz CT molecular complexity index is 668. The number of carbonyl (C=O) groups is 2. The van der Waals surface area contributed by atoms with Gasteiger partial charge in [-0.25, -0.2) is 0 Å². The van der Waals surface area contributed by atoms with E-state index in [1.54, 1.807) is 6.20 Å². The Kier molecular flexibility index (Phi) is 3.98. The summed E-state index contributed by atoms with van der Waals surface area (Å²) >= 11 is 0. The molecule has 5 nitrogen and oxygen atoms in total. The van der Waals surface area contributed by atoms with E-state index in [1.807, 2.05) is 38.2 Å². The van der Waals surface area contributed by atoms with Crippen LogP contribution in [0.3, 0.4) is 0 Å². The topological polar surface area (TPSA) is 84.2 Å². The van der Waals surface area contributed by atoms with E-state index in [0.29, 0.717) is 18.5 Å². The van der Waals surface area contributed by atoms with Gasteiger partial charge in [0.1, 0.15) is 0 Å². The van der Waals surface area contributed by atoms with Crippen molar-refractivity contribution < 1.29 is 9.59 Å². The molecule has 4 N–H and O–H groups in total. The number of hydrogen-bond acceptors (Lipinski definition) is 5. The summed E-state index contributed by atoms with van der Waals surface area (Å²) in [5.41, 5.74) is 7.15. The zero-order valence-electron chi connectivity index (χ0n) is 13.6. The minimum atomic E-state index is -0.250. The maximum Gasteiger partial charge on any atom is 0.213 e. The first-order valence-electron chi connectivity index (χ1n) is 7.99. The molecule has 0 aromatic carbocycles. The second kappa shape index (κ2) is 5.81. The van der Waals surface area contributed by atoms with Crippen molar-refractivity contribution in [1.29, 1.82) is 0 Å². The van der Waals surface area contributed by atoms with Crippen LogP contribution < -0.4 is 16.4 Å². The van der Waals surface area contributed by atoms with Crippen molar-refractivity contribution in [2.24, 2.45) is 11.1 Å². The predicted molar refractivity (Wildman–Crippen MR) is 89.3 cm³/mol. The van der Waals surface area contributed by atoms with E-state index in [2.05, 4.69) is 10.6 Å². The Morgan fingerprint density at radius 2 is 1.96 bits per heavy atom. The third kappa shape index (κ3) is 3.01. The Labute approximate surface area is 136 Å². The first-order valence-corrected chi connectivity index (χ1v) is 7.99. The van der Waals surface area contributed by atoms with Gasteiger partial charge in [-0.15, -0.1) is 0 Å². The zero-order chi connectivity index (χ0) is 16.6. The van der Waals surface area contributed by atoms with E-state index >= 15 is 0 Å². The van der Waals surface area contributed by atoms with Crippen molar-refractivity contribution >= 4 is 11.6 Å². The monoisotopic (exact) mass is 313 g/mol. The Balaban J connectivity index is 1.89. The fourth-order valence-electron chi connectivity index (χ4n) is 3.48. The van der Waals surface area contributed by atoms with Gasteiger partial charge in [0.05, 0.1) is 23.4 Å². The van der Waals surface area contributed by atoms with Crippen molar-refractivity contribution in [3.63, 3.8) is 0 Å². The standard InChI is InChI=1S/C18H23N3O2/c1-18(2)7-11(9-19)16(15(22)8-18)17(23)14-10-20-12-5-3-4-6-13(12)21-14/h3-6,10,12-13,20-21H,7-9,19H2,1-2H3. The summed E-state index contributed by atoms with van der Waals surface area (Å²) in [4.78, 5) is 25.4. The number of nitrogens with one attached hydrogen (secondary N) is 2. The highest BCUT2D eigenvalue weighted by Crippen LogP contribution is 2.37. The summed E-state index contributed by atoms with van der Waals surface area (Å²) in [6.45, 7) is 4.31. The molecule has 2 aliphatic carbocycles. The number of rotatable bonds is 3. The van der Waals surface area contributed by atoms with Gasteiger partial charge < -0.3 is 16.4 Å². The van der Waals surface area contributed by atoms with Crippen LogP contribution in [0.5, 0.6) is 0 Å². The molecular formula is C18H23N3O2. The molecule has 122 valence electrons. The summed E-state index contributed by atoms with van der Waals surface area (Å²) < 4.78 is 0. The molecule has 1 heterocycles. The number of nitrogens with two attached hydrogens (primary N) is 1. The molecule has 0 spiro atoms. The minimum absolute atomic E-state index is 0.0148. The second-order valence-electron chi connectivity index (χ2n) is 7.14. The molecule has 0 amide bonds. The van der Waals surface area contributed by atoms with Gasteiger partial charge in [0.15, 0.2) is 5.78 Å². The third-order valence-corrected chi connectivity index (χ3v) is 4.56. The maximum atomic E-state index is 12.9. The Hall–Kier alpha value is -2.14. The number of fused-ring (bicyclic) bond motifs is 1. The van der Waals surface area contributed by atoms with E-state index in [0.717, 1.165) is 5.57 Å². The van der Waals surface area contributed by atoms with Crippen molar-refractivity contribution in [3.05, 3.63) is 47.3 Å². The van der Waals surface area contributed by atoms with E-state index in [9.17, 15) is 9.59 Å². The summed E-state index contributed by atoms with van der Waals surface area (Å²) in [5, 5.41) is 6.43. The molecule has 5 heteroatoms. The molecule has 0 bridgehead atoms. The van der Waals surface area contributed by atoms with Gasteiger partial charge in [0, 0.05) is 19.2 Å². The predicted octanol–water partition coefficient (Wildman–Crippen LogP) is 1.10. The smallest absolute Gasteiger partial charge is 0.213 e. The lowest BCUT2D eigenvalue weighted by atomic mass is 9.72. The molecule has 1 aliphatic heterocycles.